The number of carbonyl (C=O) groups is 2. The number of carbonyl (C=O) groups excluding carboxylic acids is 1. The lowest BCUT2D eigenvalue weighted by molar-refractivity contribution is -0.146. The summed E-state index contributed by atoms with van der Waals surface area (Å²) in [6.45, 7) is 1.25. The predicted octanol–water partition coefficient (Wildman–Crippen LogP) is -0.279. The third-order valence-electron chi connectivity index (χ3n) is 3.97. The molecule has 2 aliphatic rings. The summed E-state index contributed by atoms with van der Waals surface area (Å²) < 4.78 is 5.24. The van der Waals surface area contributed by atoms with Crippen molar-refractivity contribution in [3.8, 4) is 0 Å². The van der Waals surface area contributed by atoms with Gasteiger partial charge in [0.1, 0.15) is 6.04 Å². The van der Waals surface area contributed by atoms with Gasteiger partial charge in [-0.25, -0.2) is 4.79 Å². The summed E-state index contributed by atoms with van der Waals surface area (Å²) in [5, 5.41) is 11.8. The van der Waals surface area contributed by atoms with Gasteiger partial charge in [0, 0.05) is 19.8 Å². The molecule has 0 aromatic rings. The molecule has 4 N–H and O–H groups in total. The van der Waals surface area contributed by atoms with Crippen molar-refractivity contribution in [1.29, 1.82) is 0 Å². The van der Waals surface area contributed by atoms with Gasteiger partial charge in [-0.1, -0.05) is 0 Å². The van der Waals surface area contributed by atoms with Crippen LogP contribution >= 0.6 is 0 Å². The van der Waals surface area contributed by atoms with Gasteiger partial charge in [-0.2, -0.15) is 0 Å². The Labute approximate surface area is 106 Å². The second kappa shape index (κ2) is 5.24. The van der Waals surface area contributed by atoms with E-state index in [4.69, 9.17) is 15.6 Å². The summed E-state index contributed by atoms with van der Waals surface area (Å²) in [6.07, 6.45) is 2.87. The number of hydrogen-bond acceptors (Lipinski definition) is 4. The molecule has 1 saturated heterocycles. The molecule has 1 amide bonds. The first kappa shape index (κ1) is 13.3. The monoisotopic (exact) mass is 256 g/mol. The molecule has 1 atom stereocenters. The lowest BCUT2D eigenvalue weighted by atomic mass is 9.79. The average Bonchev–Trinajstić information content (AvgIpc) is 3.20. The fourth-order valence-electron chi connectivity index (χ4n) is 2.39. The van der Waals surface area contributed by atoms with Crippen LogP contribution in [0.2, 0.25) is 0 Å². The first-order valence-corrected chi connectivity index (χ1v) is 6.41. The third kappa shape index (κ3) is 2.64. The number of rotatable bonds is 5. The van der Waals surface area contributed by atoms with Crippen molar-refractivity contribution in [2.45, 2.75) is 31.7 Å². The Morgan fingerprint density at radius 1 is 1.39 bits per heavy atom. The van der Waals surface area contributed by atoms with Gasteiger partial charge < -0.3 is 20.9 Å². The van der Waals surface area contributed by atoms with Gasteiger partial charge in [-0.3, -0.25) is 4.79 Å². The molecule has 1 aliphatic carbocycles. The van der Waals surface area contributed by atoms with Crippen LogP contribution in [-0.4, -0.2) is 42.8 Å². The van der Waals surface area contributed by atoms with Gasteiger partial charge in [0.15, 0.2) is 0 Å². The number of carboxylic acid groups (broad SMARTS) is 1. The minimum absolute atomic E-state index is 0.0844. The summed E-state index contributed by atoms with van der Waals surface area (Å²) in [7, 11) is 0. The van der Waals surface area contributed by atoms with Crippen molar-refractivity contribution < 1.29 is 19.4 Å². The zero-order valence-electron chi connectivity index (χ0n) is 10.4. The molecular weight excluding hydrogens is 236 g/mol. The van der Waals surface area contributed by atoms with E-state index < -0.39 is 17.4 Å². The average molecular weight is 256 g/mol. The fraction of sp³-hybridized carbons (Fsp3) is 0.833. The Kier molecular flexibility index (Phi) is 3.87. The maximum absolute atomic E-state index is 12.3. The van der Waals surface area contributed by atoms with Gasteiger partial charge in [-0.05, 0) is 31.6 Å². The number of carboxylic acids is 1. The van der Waals surface area contributed by atoms with Gasteiger partial charge in [0.05, 0.1) is 5.41 Å². The number of ether oxygens (including phenoxy) is 1. The zero-order valence-corrected chi connectivity index (χ0v) is 10.4. The van der Waals surface area contributed by atoms with E-state index in [1.165, 1.54) is 0 Å². The summed E-state index contributed by atoms with van der Waals surface area (Å²) in [6, 6.07) is -0.760. The van der Waals surface area contributed by atoms with Crippen molar-refractivity contribution in [2.75, 3.05) is 19.8 Å². The first-order valence-electron chi connectivity index (χ1n) is 6.41. The molecule has 1 saturated carbocycles. The Morgan fingerprint density at radius 2 is 2.00 bits per heavy atom. The normalized spacial score (nSPS) is 24.3. The maximum atomic E-state index is 12.3. The molecule has 0 aromatic heterocycles. The Hall–Kier alpha value is -1.14. The zero-order chi connectivity index (χ0) is 13.2. The van der Waals surface area contributed by atoms with E-state index in [1.807, 2.05) is 0 Å². The van der Waals surface area contributed by atoms with E-state index in [-0.39, 0.29) is 18.4 Å². The lowest BCUT2D eigenvalue weighted by Gasteiger charge is -2.35. The molecule has 0 radical (unpaired) electrons. The van der Waals surface area contributed by atoms with Crippen molar-refractivity contribution in [3.63, 3.8) is 0 Å². The third-order valence-corrected chi connectivity index (χ3v) is 3.97. The van der Waals surface area contributed by atoms with E-state index in [0.717, 1.165) is 12.8 Å². The van der Waals surface area contributed by atoms with E-state index >= 15 is 0 Å². The lowest BCUT2D eigenvalue weighted by Crippen LogP contribution is -2.54. The molecule has 18 heavy (non-hydrogen) atoms. The fourth-order valence-corrected chi connectivity index (χ4v) is 2.39. The van der Waals surface area contributed by atoms with Crippen LogP contribution in [0.4, 0.5) is 0 Å². The minimum Gasteiger partial charge on any atom is -0.480 e. The quantitative estimate of drug-likeness (QED) is 0.628. The Morgan fingerprint density at radius 3 is 2.44 bits per heavy atom. The SMILES string of the molecule is NCC1(C(=O)NC(C(=O)O)C2CC2)CCOCC1. The van der Waals surface area contributed by atoms with Crippen molar-refractivity contribution in [2.24, 2.45) is 17.1 Å². The van der Waals surface area contributed by atoms with Crippen LogP contribution < -0.4 is 11.1 Å². The van der Waals surface area contributed by atoms with Crippen LogP contribution in [0, 0.1) is 11.3 Å². The van der Waals surface area contributed by atoms with Crippen molar-refractivity contribution in [3.05, 3.63) is 0 Å². The number of aliphatic carboxylic acids is 1. The van der Waals surface area contributed by atoms with Gasteiger partial charge in [-0.15, -0.1) is 0 Å². The molecule has 6 heteroatoms. The number of nitrogens with one attached hydrogen (secondary N) is 1. The first-order chi connectivity index (χ1) is 8.59. The highest BCUT2D eigenvalue weighted by molar-refractivity contribution is 5.88. The molecular formula is C12H20N2O4. The number of hydrogen-bond donors (Lipinski definition) is 3. The number of nitrogens with two attached hydrogens (primary N) is 1. The highest BCUT2D eigenvalue weighted by Crippen LogP contribution is 2.35. The predicted molar refractivity (Wildman–Crippen MR) is 63.8 cm³/mol. The molecule has 0 aromatic carbocycles. The van der Waals surface area contributed by atoms with Crippen LogP contribution in [0.1, 0.15) is 25.7 Å². The van der Waals surface area contributed by atoms with E-state index in [2.05, 4.69) is 5.32 Å². The largest absolute Gasteiger partial charge is 0.480 e. The second-order valence-electron chi connectivity index (χ2n) is 5.22. The van der Waals surface area contributed by atoms with Crippen LogP contribution in [0.15, 0.2) is 0 Å². The van der Waals surface area contributed by atoms with Crippen LogP contribution in [0.5, 0.6) is 0 Å². The number of amides is 1. The molecule has 2 rings (SSSR count). The summed E-state index contributed by atoms with van der Waals surface area (Å²) in [4.78, 5) is 23.4. The second-order valence-corrected chi connectivity index (χ2v) is 5.22. The Bertz CT molecular complexity index is 335. The maximum Gasteiger partial charge on any atom is 0.326 e. The molecule has 1 unspecified atom stereocenters. The van der Waals surface area contributed by atoms with Crippen LogP contribution in [0.3, 0.4) is 0 Å². The molecule has 6 nitrogen and oxygen atoms in total. The molecule has 2 fully saturated rings. The Balaban J connectivity index is 2.02. The highest BCUT2D eigenvalue weighted by Gasteiger charge is 2.43. The molecule has 102 valence electrons. The van der Waals surface area contributed by atoms with Gasteiger partial charge in [0.25, 0.3) is 0 Å². The van der Waals surface area contributed by atoms with Gasteiger partial charge >= 0.3 is 5.97 Å². The summed E-state index contributed by atoms with van der Waals surface area (Å²) in [5.41, 5.74) is 5.07. The van der Waals surface area contributed by atoms with E-state index in [1.54, 1.807) is 0 Å². The van der Waals surface area contributed by atoms with Crippen molar-refractivity contribution >= 4 is 11.9 Å². The van der Waals surface area contributed by atoms with Gasteiger partial charge in [0.2, 0.25) is 5.91 Å². The summed E-state index contributed by atoms with van der Waals surface area (Å²) in [5.74, 6) is -1.10. The molecule has 1 heterocycles. The molecule has 0 spiro atoms. The standard InChI is InChI=1S/C12H20N2O4/c13-7-12(3-5-18-6-4-12)11(17)14-9(10(15)16)8-1-2-8/h8-9H,1-7,13H2,(H,14,17)(H,15,16). The van der Waals surface area contributed by atoms with E-state index in [0.29, 0.717) is 26.1 Å². The highest BCUT2D eigenvalue weighted by atomic mass is 16.5. The molecule has 0 bridgehead atoms. The molecule has 1 aliphatic heterocycles. The van der Waals surface area contributed by atoms with Crippen LogP contribution in [-0.2, 0) is 14.3 Å². The smallest absolute Gasteiger partial charge is 0.326 e. The topological polar surface area (TPSA) is 102 Å². The van der Waals surface area contributed by atoms with Crippen molar-refractivity contribution in [1.82, 2.24) is 5.32 Å². The minimum atomic E-state index is -0.954. The van der Waals surface area contributed by atoms with Crippen LogP contribution in [0.25, 0.3) is 0 Å². The van der Waals surface area contributed by atoms with E-state index in [9.17, 15) is 9.59 Å². The summed E-state index contributed by atoms with van der Waals surface area (Å²) >= 11 is 0.